The Morgan fingerprint density at radius 3 is 2.48 bits per heavy atom. The van der Waals surface area contributed by atoms with E-state index in [4.69, 9.17) is 4.74 Å². The summed E-state index contributed by atoms with van der Waals surface area (Å²) in [6.45, 7) is 2.08. The van der Waals surface area contributed by atoms with Gasteiger partial charge in [0, 0.05) is 11.6 Å². The molecule has 2 aromatic carbocycles. The Bertz CT molecular complexity index is 580. The Labute approximate surface area is 126 Å². The van der Waals surface area contributed by atoms with Crippen LogP contribution in [0, 0.1) is 12.7 Å². The highest BCUT2D eigenvalue weighted by Gasteiger charge is 2.15. The lowest BCUT2D eigenvalue weighted by atomic mass is 9.98. The van der Waals surface area contributed by atoms with E-state index in [2.05, 4.69) is 36.5 Å². The highest BCUT2D eigenvalue weighted by molar-refractivity contribution is 5.36. The molecule has 0 radical (unpaired) electrons. The van der Waals surface area contributed by atoms with Gasteiger partial charge in [-0.25, -0.2) is 4.39 Å². The van der Waals surface area contributed by atoms with Crippen LogP contribution in [0.15, 0.2) is 42.5 Å². The highest BCUT2D eigenvalue weighted by Crippen LogP contribution is 2.28. The van der Waals surface area contributed by atoms with Gasteiger partial charge in [0.15, 0.2) is 0 Å². The van der Waals surface area contributed by atoms with Crippen LogP contribution in [0.25, 0.3) is 0 Å². The first kappa shape index (κ1) is 15.5. The van der Waals surface area contributed by atoms with Crippen LogP contribution >= 0.6 is 0 Å². The van der Waals surface area contributed by atoms with Crippen molar-refractivity contribution in [3.8, 4) is 5.75 Å². The molecule has 0 aromatic heterocycles. The second-order valence-electron chi connectivity index (χ2n) is 5.25. The Morgan fingerprint density at radius 1 is 1.14 bits per heavy atom. The van der Waals surface area contributed by atoms with Crippen LogP contribution in [0.2, 0.25) is 0 Å². The van der Waals surface area contributed by atoms with Crippen molar-refractivity contribution in [3.05, 3.63) is 65.0 Å². The van der Waals surface area contributed by atoms with Crippen molar-refractivity contribution in [1.29, 1.82) is 0 Å². The van der Waals surface area contributed by atoms with Crippen LogP contribution in [0.5, 0.6) is 5.75 Å². The summed E-state index contributed by atoms with van der Waals surface area (Å²) in [6, 6.07) is 13.2. The van der Waals surface area contributed by atoms with E-state index < -0.39 is 0 Å². The van der Waals surface area contributed by atoms with Gasteiger partial charge in [-0.1, -0.05) is 29.8 Å². The molecule has 0 amide bonds. The zero-order valence-electron chi connectivity index (χ0n) is 12.8. The smallest absolute Gasteiger partial charge is 0.123 e. The lowest BCUT2D eigenvalue weighted by molar-refractivity contribution is 0.397. The van der Waals surface area contributed by atoms with Gasteiger partial charge in [0.2, 0.25) is 0 Å². The number of rotatable bonds is 6. The molecule has 1 N–H and O–H groups in total. The van der Waals surface area contributed by atoms with Gasteiger partial charge in [0.25, 0.3) is 0 Å². The van der Waals surface area contributed by atoms with E-state index in [-0.39, 0.29) is 11.9 Å². The number of halogens is 1. The average Bonchev–Trinajstić information content (AvgIpc) is 2.50. The molecule has 1 unspecified atom stereocenters. The van der Waals surface area contributed by atoms with Gasteiger partial charge >= 0.3 is 0 Å². The summed E-state index contributed by atoms with van der Waals surface area (Å²) in [4.78, 5) is 0. The molecule has 1 atom stereocenters. The van der Waals surface area contributed by atoms with E-state index in [9.17, 15) is 4.39 Å². The Morgan fingerprint density at radius 2 is 1.86 bits per heavy atom. The van der Waals surface area contributed by atoms with Crippen LogP contribution < -0.4 is 10.1 Å². The minimum Gasteiger partial charge on any atom is -0.496 e. The minimum absolute atomic E-state index is 0.0666. The summed E-state index contributed by atoms with van der Waals surface area (Å²) in [5, 5.41) is 3.26. The molecule has 0 aliphatic rings. The van der Waals surface area contributed by atoms with E-state index in [0.717, 1.165) is 24.2 Å². The minimum atomic E-state index is -0.235. The van der Waals surface area contributed by atoms with Gasteiger partial charge in [-0.05, 0) is 50.6 Å². The van der Waals surface area contributed by atoms with Crippen molar-refractivity contribution in [2.24, 2.45) is 0 Å². The van der Waals surface area contributed by atoms with Gasteiger partial charge in [0.05, 0.1) is 7.11 Å². The average molecular weight is 287 g/mol. The van der Waals surface area contributed by atoms with Crippen LogP contribution in [0.1, 0.15) is 29.2 Å². The Balaban J connectivity index is 2.12. The van der Waals surface area contributed by atoms with Crippen molar-refractivity contribution in [2.45, 2.75) is 25.8 Å². The first-order chi connectivity index (χ1) is 10.1. The summed E-state index contributed by atoms with van der Waals surface area (Å²) < 4.78 is 18.8. The van der Waals surface area contributed by atoms with Crippen molar-refractivity contribution in [1.82, 2.24) is 5.32 Å². The standard InChI is InChI=1S/C18H22FNO/c1-13-4-6-14(7-5-13)8-10-17(20-2)16-12-15(19)9-11-18(16)21-3/h4-7,9,11-12,17,20H,8,10H2,1-3H3. The fraction of sp³-hybridized carbons (Fsp3) is 0.333. The third kappa shape index (κ3) is 4.05. The summed E-state index contributed by atoms with van der Waals surface area (Å²) in [5.41, 5.74) is 3.42. The van der Waals surface area contributed by atoms with E-state index in [0.29, 0.717) is 0 Å². The molecule has 0 bridgehead atoms. The molecule has 0 aliphatic heterocycles. The summed E-state index contributed by atoms with van der Waals surface area (Å²) in [6.07, 6.45) is 1.82. The van der Waals surface area contributed by atoms with Gasteiger partial charge in [-0.15, -0.1) is 0 Å². The van der Waals surface area contributed by atoms with Gasteiger partial charge in [-0.3, -0.25) is 0 Å². The maximum Gasteiger partial charge on any atom is 0.123 e. The Kier molecular flexibility index (Phi) is 5.34. The molecule has 2 nitrogen and oxygen atoms in total. The lowest BCUT2D eigenvalue weighted by Gasteiger charge is -2.19. The normalized spacial score (nSPS) is 12.2. The van der Waals surface area contributed by atoms with Gasteiger partial charge in [0.1, 0.15) is 11.6 Å². The lowest BCUT2D eigenvalue weighted by Crippen LogP contribution is -2.18. The molecule has 0 saturated carbocycles. The van der Waals surface area contributed by atoms with E-state index in [1.54, 1.807) is 19.2 Å². The van der Waals surface area contributed by atoms with Crippen LogP contribution in [-0.4, -0.2) is 14.2 Å². The SMILES string of the molecule is CNC(CCc1ccc(C)cc1)c1cc(F)ccc1OC. The molecule has 21 heavy (non-hydrogen) atoms. The van der Waals surface area contributed by atoms with Crippen LogP contribution in [0.3, 0.4) is 0 Å². The molecular weight excluding hydrogens is 265 g/mol. The number of ether oxygens (including phenoxy) is 1. The second kappa shape index (κ2) is 7.23. The maximum absolute atomic E-state index is 13.5. The monoisotopic (exact) mass is 287 g/mol. The topological polar surface area (TPSA) is 21.3 Å². The number of hydrogen-bond donors (Lipinski definition) is 1. The Hall–Kier alpha value is -1.87. The highest BCUT2D eigenvalue weighted by atomic mass is 19.1. The molecule has 0 spiro atoms. The number of benzene rings is 2. The van der Waals surface area contributed by atoms with Gasteiger partial charge in [-0.2, -0.15) is 0 Å². The molecule has 2 aromatic rings. The van der Waals surface area contributed by atoms with Crippen LogP contribution in [-0.2, 0) is 6.42 Å². The molecule has 0 heterocycles. The van der Waals surface area contributed by atoms with Crippen molar-refractivity contribution < 1.29 is 9.13 Å². The summed E-state index contributed by atoms with van der Waals surface area (Å²) >= 11 is 0. The van der Waals surface area contributed by atoms with Crippen molar-refractivity contribution in [3.63, 3.8) is 0 Å². The summed E-state index contributed by atoms with van der Waals surface area (Å²) in [5.74, 6) is 0.487. The number of aryl methyl sites for hydroxylation is 2. The maximum atomic E-state index is 13.5. The molecule has 0 saturated heterocycles. The third-order valence-electron chi connectivity index (χ3n) is 3.76. The number of methoxy groups -OCH3 is 1. The molecule has 2 rings (SSSR count). The summed E-state index contributed by atoms with van der Waals surface area (Å²) in [7, 11) is 3.51. The molecule has 112 valence electrons. The quantitative estimate of drug-likeness (QED) is 0.866. The molecule has 0 fully saturated rings. The second-order valence-corrected chi connectivity index (χ2v) is 5.25. The zero-order valence-corrected chi connectivity index (χ0v) is 12.8. The largest absolute Gasteiger partial charge is 0.496 e. The fourth-order valence-electron chi connectivity index (χ4n) is 2.50. The van der Waals surface area contributed by atoms with Crippen molar-refractivity contribution >= 4 is 0 Å². The molecule has 3 heteroatoms. The predicted molar refractivity (Wildman–Crippen MR) is 84.3 cm³/mol. The van der Waals surface area contributed by atoms with E-state index in [1.165, 1.54) is 17.2 Å². The third-order valence-corrected chi connectivity index (χ3v) is 3.76. The van der Waals surface area contributed by atoms with E-state index >= 15 is 0 Å². The van der Waals surface area contributed by atoms with Gasteiger partial charge < -0.3 is 10.1 Å². The van der Waals surface area contributed by atoms with E-state index in [1.807, 2.05) is 7.05 Å². The first-order valence-electron chi connectivity index (χ1n) is 7.20. The van der Waals surface area contributed by atoms with Crippen molar-refractivity contribution in [2.75, 3.05) is 14.2 Å². The first-order valence-corrected chi connectivity index (χ1v) is 7.20. The fourth-order valence-corrected chi connectivity index (χ4v) is 2.50. The number of hydrogen-bond acceptors (Lipinski definition) is 2. The predicted octanol–water partition coefficient (Wildman–Crippen LogP) is 4.04. The van der Waals surface area contributed by atoms with Crippen LogP contribution in [0.4, 0.5) is 4.39 Å². The number of nitrogens with one attached hydrogen (secondary N) is 1. The zero-order chi connectivity index (χ0) is 15.2. The molecular formula is C18H22FNO. The molecule has 0 aliphatic carbocycles.